The molecule has 0 aromatic heterocycles. The average Bonchev–Trinajstić information content (AvgIpc) is 2.58. The number of rotatable bonds is 12. The third-order valence-electron chi connectivity index (χ3n) is 4.31. The molecule has 0 unspecified atom stereocenters. The van der Waals surface area contributed by atoms with Gasteiger partial charge in [-0.05, 0) is 70.9 Å². The molecule has 1 fully saturated rings. The Balaban J connectivity index is 2.06. The maximum Gasteiger partial charge on any atom is 0.331 e. The van der Waals surface area contributed by atoms with E-state index in [1.54, 1.807) is 0 Å². The molecular formula is C20H38O6Si2. The molecule has 0 N–H and O–H groups in total. The zero-order chi connectivity index (χ0) is 21.0. The van der Waals surface area contributed by atoms with Crippen molar-refractivity contribution in [1.82, 2.24) is 0 Å². The van der Waals surface area contributed by atoms with E-state index in [-0.39, 0.29) is 12.7 Å². The van der Waals surface area contributed by atoms with Crippen LogP contribution in [0.5, 0.6) is 0 Å². The van der Waals surface area contributed by atoms with Crippen LogP contribution in [0.15, 0.2) is 12.2 Å². The molecule has 0 aromatic rings. The smallest absolute Gasteiger partial charge is 0.331 e. The molecule has 28 heavy (non-hydrogen) atoms. The Bertz CT molecular complexity index is 507. The van der Waals surface area contributed by atoms with Gasteiger partial charge in [-0.1, -0.05) is 6.42 Å². The van der Waals surface area contributed by atoms with Gasteiger partial charge < -0.3 is 18.3 Å². The number of hydrogen-bond acceptors (Lipinski definition) is 6. The van der Waals surface area contributed by atoms with Crippen molar-refractivity contribution in [1.29, 1.82) is 0 Å². The Labute approximate surface area is 172 Å². The van der Waals surface area contributed by atoms with Gasteiger partial charge in [-0.2, -0.15) is 0 Å². The highest BCUT2D eigenvalue weighted by Gasteiger charge is 2.28. The van der Waals surface area contributed by atoms with Gasteiger partial charge in [0.2, 0.25) is 0 Å². The van der Waals surface area contributed by atoms with Gasteiger partial charge >= 0.3 is 11.9 Å². The normalized spacial score (nSPS) is 16.3. The highest BCUT2D eigenvalue weighted by atomic mass is 28.4. The number of esters is 2. The third-order valence-corrected chi connectivity index (χ3v) is 10.5. The lowest BCUT2D eigenvalue weighted by atomic mass is 9.98. The minimum absolute atomic E-state index is 0.0144. The van der Waals surface area contributed by atoms with Crippen LogP contribution in [0.3, 0.4) is 0 Å². The maximum atomic E-state index is 11.7. The molecule has 0 bridgehead atoms. The minimum atomic E-state index is -1.62. The first-order chi connectivity index (χ1) is 13.1. The van der Waals surface area contributed by atoms with Crippen molar-refractivity contribution in [2.24, 2.45) is 0 Å². The first kappa shape index (κ1) is 25.1. The number of carbonyl (C=O) groups is 2. The van der Waals surface area contributed by atoms with E-state index >= 15 is 0 Å². The molecule has 0 radical (unpaired) electrons. The van der Waals surface area contributed by atoms with Crippen molar-refractivity contribution >= 4 is 28.6 Å². The average molecular weight is 431 g/mol. The SMILES string of the molecule is C[Si](C)(C)O[Si](C)(C)CCCOCCOC(=O)/C=C/C(=O)OC1CCCCC1. The van der Waals surface area contributed by atoms with E-state index in [0.29, 0.717) is 13.2 Å². The topological polar surface area (TPSA) is 71.1 Å². The van der Waals surface area contributed by atoms with Crippen LogP contribution < -0.4 is 0 Å². The third kappa shape index (κ3) is 13.3. The second-order valence-electron chi connectivity index (χ2n) is 8.89. The summed E-state index contributed by atoms with van der Waals surface area (Å²) in [5, 5.41) is 0. The summed E-state index contributed by atoms with van der Waals surface area (Å²) < 4.78 is 22.1. The Morgan fingerprint density at radius 1 is 0.893 bits per heavy atom. The van der Waals surface area contributed by atoms with Gasteiger partial charge in [-0.15, -0.1) is 0 Å². The number of carbonyl (C=O) groups excluding carboxylic acids is 2. The van der Waals surface area contributed by atoms with E-state index in [0.717, 1.165) is 50.3 Å². The second kappa shape index (κ2) is 12.6. The number of hydrogen-bond donors (Lipinski definition) is 0. The lowest BCUT2D eigenvalue weighted by molar-refractivity contribution is -0.145. The van der Waals surface area contributed by atoms with Crippen LogP contribution in [0.4, 0.5) is 0 Å². The standard InChI is InChI=1S/C20H38O6Si2/c1-27(2,3)26-28(4,5)17-9-14-23-15-16-24-19(21)12-13-20(22)25-18-10-7-6-8-11-18/h12-13,18H,6-11,14-17H2,1-5H3/b13-12+. The van der Waals surface area contributed by atoms with E-state index in [9.17, 15) is 9.59 Å². The summed E-state index contributed by atoms with van der Waals surface area (Å²) >= 11 is 0. The van der Waals surface area contributed by atoms with Crippen molar-refractivity contribution < 1.29 is 27.9 Å². The quantitative estimate of drug-likeness (QED) is 0.197. The predicted octanol–water partition coefficient (Wildman–Crippen LogP) is 4.43. The first-order valence-corrected chi connectivity index (χ1v) is 16.9. The van der Waals surface area contributed by atoms with Crippen LogP contribution in [0.25, 0.3) is 0 Å². The molecule has 0 aliphatic heterocycles. The molecule has 1 rings (SSSR count). The Kier molecular flexibility index (Phi) is 11.3. The van der Waals surface area contributed by atoms with Crippen molar-refractivity contribution in [2.75, 3.05) is 19.8 Å². The molecule has 0 saturated heterocycles. The summed E-state index contributed by atoms with van der Waals surface area (Å²) in [5.41, 5.74) is 0. The fraction of sp³-hybridized carbons (Fsp3) is 0.800. The molecule has 0 aromatic carbocycles. The van der Waals surface area contributed by atoms with Gasteiger partial charge in [0.15, 0.2) is 16.6 Å². The van der Waals surface area contributed by atoms with Gasteiger partial charge in [0.25, 0.3) is 0 Å². The minimum Gasteiger partial charge on any atom is -0.460 e. The highest BCUT2D eigenvalue weighted by molar-refractivity contribution is 6.84. The molecular weight excluding hydrogens is 392 g/mol. The van der Waals surface area contributed by atoms with Crippen molar-refractivity contribution in [3.8, 4) is 0 Å². The largest absolute Gasteiger partial charge is 0.460 e. The van der Waals surface area contributed by atoms with Gasteiger partial charge in [0, 0.05) is 18.8 Å². The van der Waals surface area contributed by atoms with Crippen LogP contribution in [0.2, 0.25) is 38.8 Å². The monoisotopic (exact) mass is 430 g/mol. The maximum absolute atomic E-state index is 11.7. The molecule has 0 heterocycles. The molecule has 8 heteroatoms. The fourth-order valence-corrected chi connectivity index (χ4v) is 11.4. The summed E-state index contributed by atoms with van der Waals surface area (Å²) in [6.45, 7) is 12.3. The molecule has 0 amide bonds. The van der Waals surface area contributed by atoms with E-state index < -0.39 is 28.6 Å². The first-order valence-electron chi connectivity index (χ1n) is 10.4. The fourth-order valence-electron chi connectivity index (χ4n) is 3.35. The van der Waals surface area contributed by atoms with E-state index in [2.05, 4.69) is 32.7 Å². The Morgan fingerprint density at radius 3 is 2.18 bits per heavy atom. The summed E-state index contributed by atoms with van der Waals surface area (Å²) in [6, 6.07) is 1.06. The van der Waals surface area contributed by atoms with Gasteiger partial charge in [-0.25, -0.2) is 9.59 Å². The zero-order valence-electron chi connectivity index (χ0n) is 18.3. The van der Waals surface area contributed by atoms with Crippen LogP contribution in [0.1, 0.15) is 38.5 Å². The molecule has 1 aliphatic rings. The molecule has 6 nitrogen and oxygen atoms in total. The molecule has 1 aliphatic carbocycles. The van der Waals surface area contributed by atoms with Gasteiger partial charge in [-0.3, -0.25) is 0 Å². The second-order valence-corrected chi connectivity index (χ2v) is 17.9. The lowest BCUT2D eigenvalue weighted by Crippen LogP contribution is -2.42. The van der Waals surface area contributed by atoms with Crippen molar-refractivity contribution in [3.63, 3.8) is 0 Å². The molecule has 0 atom stereocenters. The summed E-state index contributed by atoms with van der Waals surface area (Å²) in [7, 11) is -3.11. The van der Waals surface area contributed by atoms with Gasteiger partial charge in [0.05, 0.1) is 6.61 Å². The number of ether oxygens (including phenoxy) is 3. The summed E-state index contributed by atoms with van der Waals surface area (Å²) in [6.07, 6.45) is 8.39. The molecule has 0 spiro atoms. The van der Waals surface area contributed by atoms with Crippen LogP contribution >= 0.6 is 0 Å². The Hall–Kier alpha value is -0.966. The predicted molar refractivity (Wildman–Crippen MR) is 115 cm³/mol. The summed E-state index contributed by atoms with van der Waals surface area (Å²) in [4.78, 5) is 23.3. The lowest BCUT2D eigenvalue weighted by Gasteiger charge is -2.31. The molecule has 162 valence electrons. The highest BCUT2D eigenvalue weighted by Crippen LogP contribution is 2.21. The van der Waals surface area contributed by atoms with E-state index in [1.165, 1.54) is 6.42 Å². The van der Waals surface area contributed by atoms with E-state index in [4.69, 9.17) is 18.3 Å². The van der Waals surface area contributed by atoms with E-state index in [1.807, 2.05) is 0 Å². The van der Waals surface area contributed by atoms with Crippen LogP contribution in [-0.4, -0.2) is 54.5 Å². The van der Waals surface area contributed by atoms with Crippen molar-refractivity contribution in [3.05, 3.63) is 12.2 Å². The van der Waals surface area contributed by atoms with Crippen LogP contribution in [0, 0.1) is 0 Å². The van der Waals surface area contributed by atoms with Gasteiger partial charge in [0.1, 0.15) is 12.7 Å². The summed E-state index contributed by atoms with van der Waals surface area (Å²) in [5.74, 6) is -1.03. The van der Waals surface area contributed by atoms with Crippen LogP contribution in [-0.2, 0) is 27.9 Å². The molecule has 1 saturated carbocycles. The van der Waals surface area contributed by atoms with Crippen molar-refractivity contribution in [2.45, 2.75) is 83.4 Å². The zero-order valence-corrected chi connectivity index (χ0v) is 20.3. The Morgan fingerprint density at radius 2 is 1.54 bits per heavy atom.